The summed E-state index contributed by atoms with van der Waals surface area (Å²) in [6.45, 7) is 4.09. The molecule has 0 aliphatic heterocycles. The maximum Gasteiger partial charge on any atom is 0.150 e. The summed E-state index contributed by atoms with van der Waals surface area (Å²) in [4.78, 5) is 12.7. The fourth-order valence-corrected chi connectivity index (χ4v) is 1.72. The number of rotatable bonds is 2. The molecule has 0 aliphatic rings. The number of nitrogens with zero attached hydrogens (tertiary/aromatic N) is 3. The smallest absolute Gasteiger partial charge is 0.150 e. The molecule has 0 saturated heterocycles. The second kappa shape index (κ2) is 4.58. The van der Waals surface area contributed by atoms with Gasteiger partial charge in [-0.3, -0.25) is 4.98 Å². The van der Waals surface area contributed by atoms with Crippen molar-refractivity contribution in [3.63, 3.8) is 0 Å². The van der Waals surface area contributed by atoms with Gasteiger partial charge in [0.25, 0.3) is 0 Å². The van der Waals surface area contributed by atoms with Gasteiger partial charge in [0.15, 0.2) is 5.15 Å². The highest BCUT2D eigenvalue weighted by atomic mass is 35.5. The summed E-state index contributed by atoms with van der Waals surface area (Å²) in [6, 6.07) is 3.83. The molecule has 0 aliphatic carbocycles. The molecular weight excluding hydrogens is 222 g/mol. The lowest BCUT2D eigenvalue weighted by Crippen LogP contribution is -1.98. The lowest BCUT2D eigenvalue weighted by atomic mass is 10.1. The molecule has 3 nitrogen and oxygen atoms in total. The standard InChI is InChI=1S/C12H12ClN3/c1-8(2)11-12(13)15-7-10(16-11)9-4-3-5-14-6-9/h3-8H,1-2H3. The van der Waals surface area contributed by atoms with Crippen LogP contribution >= 0.6 is 11.6 Å². The fourth-order valence-electron chi connectivity index (χ4n) is 1.41. The lowest BCUT2D eigenvalue weighted by Gasteiger charge is -2.08. The van der Waals surface area contributed by atoms with Crippen LogP contribution < -0.4 is 0 Å². The summed E-state index contributed by atoms with van der Waals surface area (Å²) in [5, 5.41) is 0.475. The van der Waals surface area contributed by atoms with Gasteiger partial charge in [-0.1, -0.05) is 25.4 Å². The third-order valence-electron chi connectivity index (χ3n) is 2.26. The zero-order chi connectivity index (χ0) is 11.5. The second-order valence-corrected chi connectivity index (χ2v) is 4.19. The molecular formula is C12H12ClN3. The Morgan fingerprint density at radius 1 is 1.25 bits per heavy atom. The van der Waals surface area contributed by atoms with Crippen LogP contribution in [0.2, 0.25) is 5.15 Å². The minimum absolute atomic E-state index is 0.261. The van der Waals surface area contributed by atoms with Crippen molar-refractivity contribution in [1.29, 1.82) is 0 Å². The van der Waals surface area contributed by atoms with E-state index in [4.69, 9.17) is 11.6 Å². The van der Waals surface area contributed by atoms with Crippen molar-refractivity contribution in [2.45, 2.75) is 19.8 Å². The molecule has 4 heteroatoms. The molecule has 0 amide bonds. The Balaban J connectivity index is 2.48. The van der Waals surface area contributed by atoms with Gasteiger partial charge in [-0.15, -0.1) is 0 Å². The Morgan fingerprint density at radius 3 is 2.69 bits per heavy atom. The van der Waals surface area contributed by atoms with Crippen molar-refractivity contribution >= 4 is 11.6 Å². The Kier molecular flexibility index (Phi) is 3.15. The first kappa shape index (κ1) is 11.0. The molecule has 0 N–H and O–H groups in total. The molecule has 2 aromatic rings. The second-order valence-electron chi connectivity index (χ2n) is 3.83. The van der Waals surface area contributed by atoms with E-state index in [0.717, 1.165) is 17.0 Å². The minimum Gasteiger partial charge on any atom is -0.264 e. The zero-order valence-electron chi connectivity index (χ0n) is 9.18. The highest BCUT2D eigenvalue weighted by Crippen LogP contribution is 2.23. The first-order valence-electron chi connectivity index (χ1n) is 5.11. The monoisotopic (exact) mass is 233 g/mol. The first-order valence-corrected chi connectivity index (χ1v) is 5.49. The highest BCUT2D eigenvalue weighted by molar-refractivity contribution is 6.30. The average molecular weight is 234 g/mol. The van der Waals surface area contributed by atoms with E-state index < -0.39 is 0 Å². The zero-order valence-corrected chi connectivity index (χ0v) is 9.94. The largest absolute Gasteiger partial charge is 0.264 e. The van der Waals surface area contributed by atoms with Gasteiger partial charge in [-0.25, -0.2) is 9.97 Å². The number of aromatic nitrogens is 3. The first-order chi connectivity index (χ1) is 7.68. The van der Waals surface area contributed by atoms with E-state index in [1.165, 1.54) is 0 Å². The van der Waals surface area contributed by atoms with Crippen LogP contribution in [0.3, 0.4) is 0 Å². The number of halogens is 1. The van der Waals surface area contributed by atoms with Crippen molar-refractivity contribution in [1.82, 2.24) is 15.0 Å². The van der Waals surface area contributed by atoms with Crippen LogP contribution in [0.4, 0.5) is 0 Å². The van der Waals surface area contributed by atoms with E-state index >= 15 is 0 Å². The SMILES string of the molecule is CC(C)c1nc(-c2cccnc2)cnc1Cl. The van der Waals surface area contributed by atoms with E-state index in [1.54, 1.807) is 18.6 Å². The van der Waals surface area contributed by atoms with Gasteiger partial charge in [0.1, 0.15) is 0 Å². The summed E-state index contributed by atoms with van der Waals surface area (Å²) in [6.07, 6.45) is 5.17. The van der Waals surface area contributed by atoms with Crippen molar-refractivity contribution in [3.8, 4) is 11.3 Å². The topological polar surface area (TPSA) is 38.7 Å². The molecule has 16 heavy (non-hydrogen) atoms. The van der Waals surface area contributed by atoms with E-state index in [9.17, 15) is 0 Å². The predicted molar refractivity (Wildman–Crippen MR) is 64.4 cm³/mol. The summed E-state index contributed by atoms with van der Waals surface area (Å²) in [5.74, 6) is 0.261. The Hall–Kier alpha value is -1.48. The van der Waals surface area contributed by atoms with Crippen molar-refractivity contribution in [3.05, 3.63) is 41.6 Å². The molecule has 0 radical (unpaired) electrons. The number of pyridine rings is 1. The van der Waals surface area contributed by atoms with E-state index in [1.807, 2.05) is 26.0 Å². The van der Waals surface area contributed by atoms with Crippen LogP contribution in [-0.2, 0) is 0 Å². The quantitative estimate of drug-likeness (QED) is 0.799. The third-order valence-corrected chi connectivity index (χ3v) is 2.55. The van der Waals surface area contributed by atoms with Gasteiger partial charge in [-0.2, -0.15) is 0 Å². The maximum atomic E-state index is 5.99. The minimum atomic E-state index is 0.261. The Morgan fingerprint density at radius 2 is 2.06 bits per heavy atom. The fraction of sp³-hybridized carbons (Fsp3) is 0.250. The average Bonchev–Trinajstić information content (AvgIpc) is 2.30. The van der Waals surface area contributed by atoms with E-state index in [2.05, 4.69) is 15.0 Å². The Labute approximate surface area is 99.5 Å². The van der Waals surface area contributed by atoms with Gasteiger partial charge in [0.05, 0.1) is 17.6 Å². The predicted octanol–water partition coefficient (Wildman–Crippen LogP) is 3.32. The summed E-state index contributed by atoms with van der Waals surface area (Å²) in [7, 11) is 0. The molecule has 0 fully saturated rings. The van der Waals surface area contributed by atoms with Crippen molar-refractivity contribution in [2.24, 2.45) is 0 Å². The van der Waals surface area contributed by atoms with E-state index in [-0.39, 0.29) is 5.92 Å². The molecule has 0 spiro atoms. The molecule has 82 valence electrons. The summed E-state index contributed by atoms with van der Waals surface area (Å²) in [5.41, 5.74) is 2.58. The highest BCUT2D eigenvalue weighted by Gasteiger charge is 2.10. The number of hydrogen-bond donors (Lipinski definition) is 0. The van der Waals surface area contributed by atoms with Gasteiger partial charge in [-0.05, 0) is 18.1 Å². The Bertz CT molecular complexity index is 483. The molecule has 0 atom stereocenters. The molecule has 0 saturated carbocycles. The van der Waals surface area contributed by atoms with Gasteiger partial charge in [0.2, 0.25) is 0 Å². The van der Waals surface area contributed by atoms with Crippen LogP contribution in [0.5, 0.6) is 0 Å². The van der Waals surface area contributed by atoms with Gasteiger partial charge in [0, 0.05) is 18.0 Å². The van der Waals surface area contributed by atoms with Crippen LogP contribution in [0.15, 0.2) is 30.7 Å². The number of hydrogen-bond acceptors (Lipinski definition) is 3. The van der Waals surface area contributed by atoms with Crippen LogP contribution in [0, 0.1) is 0 Å². The van der Waals surface area contributed by atoms with Gasteiger partial charge >= 0.3 is 0 Å². The molecule has 2 heterocycles. The molecule has 0 aromatic carbocycles. The third kappa shape index (κ3) is 2.19. The summed E-state index contributed by atoms with van der Waals surface area (Å²) >= 11 is 5.99. The maximum absolute atomic E-state index is 5.99. The van der Waals surface area contributed by atoms with Crippen LogP contribution in [-0.4, -0.2) is 15.0 Å². The van der Waals surface area contributed by atoms with Crippen molar-refractivity contribution < 1.29 is 0 Å². The van der Waals surface area contributed by atoms with Crippen LogP contribution in [0.25, 0.3) is 11.3 Å². The van der Waals surface area contributed by atoms with Crippen LogP contribution in [0.1, 0.15) is 25.5 Å². The normalized spacial score (nSPS) is 10.8. The molecule has 0 unspecified atom stereocenters. The molecule has 2 rings (SSSR count). The van der Waals surface area contributed by atoms with Gasteiger partial charge < -0.3 is 0 Å². The van der Waals surface area contributed by atoms with E-state index in [0.29, 0.717) is 5.15 Å². The molecule has 2 aromatic heterocycles. The summed E-state index contributed by atoms with van der Waals surface area (Å²) < 4.78 is 0. The van der Waals surface area contributed by atoms with Crippen molar-refractivity contribution in [2.75, 3.05) is 0 Å². The lowest BCUT2D eigenvalue weighted by molar-refractivity contribution is 0.814. The molecule has 0 bridgehead atoms.